The van der Waals surface area contributed by atoms with Crippen molar-refractivity contribution >= 4 is 27.0 Å². The monoisotopic (exact) mass is 320 g/mol. The SMILES string of the molecule is CS(=O)(=O)O.N=C(N)SCC1COc2ccccc2O1. The van der Waals surface area contributed by atoms with Crippen LogP contribution in [-0.2, 0) is 10.1 Å². The Bertz CT molecular complexity index is 554. The Labute approximate surface area is 121 Å². The van der Waals surface area contributed by atoms with E-state index < -0.39 is 10.1 Å². The van der Waals surface area contributed by atoms with Crippen molar-refractivity contribution in [3.8, 4) is 11.5 Å². The first-order valence-corrected chi connectivity index (χ1v) is 8.37. The zero-order chi connectivity index (χ0) is 15.2. The van der Waals surface area contributed by atoms with Gasteiger partial charge in [-0.05, 0) is 12.1 Å². The Morgan fingerprint density at radius 1 is 1.50 bits per heavy atom. The lowest BCUT2D eigenvalue weighted by atomic mass is 10.3. The number of nitrogens with two attached hydrogens (primary N) is 1. The van der Waals surface area contributed by atoms with Crippen LogP contribution in [0.2, 0.25) is 0 Å². The molecule has 0 saturated heterocycles. The van der Waals surface area contributed by atoms with E-state index in [9.17, 15) is 8.42 Å². The van der Waals surface area contributed by atoms with E-state index in [1.807, 2.05) is 24.3 Å². The molecule has 1 atom stereocenters. The fourth-order valence-electron chi connectivity index (χ4n) is 1.33. The first-order valence-electron chi connectivity index (χ1n) is 5.53. The summed E-state index contributed by atoms with van der Waals surface area (Å²) in [5.41, 5.74) is 5.25. The summed E-state index contributed by atoms with van der Waals surface area (Å²) in [6, 6.07) is 7.57. The number of para-hydroxylation sites is 2. The lowest BCUT2D eigenvalue weighted by Crippen LogP contribution is -2.32. The summed E-state index contributed by atoms with van der Waals surface area (Å²) < 4.78 is 37.1. The molecule has 0 spiro atoms. The molecule has 0 radical (unpaired) electrons. The zero-order valence-electron chi connectivity index (χ0n) is 10.8. The summed E-state index contributed by atoms with van der Waals surface area (Å²) in [6.07, 6.45) is 0.682. The number of nitrogens with one attached hydrogen (secondary N) is 1. The number of benzene rings is 1. The van der Waals surface area contributed by atoms with Crippen molar-refractivity contribution < 1.29 is 22.4 Å². The predicted octanol–water partition coefficient (Wildman–Crippen LogP) is 0.957. The van der Waals surface area contributed by atoms with E-state index in [4.69, 9.17) is 25.2 Å². The second-order valence-corrected chi connectivity index (χ2v) is 6.43. The van der Waals surface area contributed by atoms with E-state index in [1.54, 1.807) is 0 Å². The molecule has 9 heteroatoms. The van der Waals surface area contributed by atoms with E-state index >= 15 is 0 Å². The average molecular weight is 320 g/mol. The molecule has 4 N–H and O–H groups in total. The first-order chi connectivity index (χ1) is 9.25. The third-order valence-corrected chi connectivity index (χ3v) is 2.84. The molecular weight excluding hydrogens is 304 g/mol. The summed E-state index contributed by atoms with van der Waals surface area (Å²) in [5, 5.41) is 7.21. The molecule has 0 saturated carbocycles. The van der Waals surface area contributed by atoms with Gasteiger partial charge in [-0.1, -0.05) is 23.9 Å². The van der Waals surface area contributed by atoms with Crippen LogP contribution in [0.25, 0.3) is 0 Å². The van der Waals surface area contributed by atoms with Gasteiger partial charge < -0.3 is 15.2 Å². The van der Waals surface area contributed by atoms with Crippen LogP contribution in [0.15, 0.2) is 24.3 Å². The van der Waals surface area contributed by atoms with Crippen LogP contribution in [-0.4, -0.2) is 42.9 Å². The Hall–Kier alpha value is -1.45. The van der Waals surface area contributed by atoms with Crippen molar-refractivity contribution in [1.82, 2.24) is 0 Å². The van der Waals surface area contributed by atoms with Gasteiger partial charge in [-0.2, -0.15) is 8.42 Å². The highest BCUT2D eigenvalue weighted by Gasteiger charge is 2.20. The van der Waals surface area contributed by atoms with Gasteiger partial charge in [-0.15, -0.1) is 0 Å². The highest BCUT2D eigenvalue weighted by atomic mass is 32.2. The van der Waals surface area contributed by atoms with Crippen molar-refractivity contribution in [2.24, 2.45) is 5.73 Å². The van der Waals surface area contributed by atoms with Crippen molar-refractivity contribution in [2.45, 2.75) is 6.10 Å². The fourth-order valence-corrected chi connectivity index (χ4v) is 1.86. The molecule has 112 valence electrons. The van der Waals surface area contributed by atoms with Gasteiger partial charge in [0.25, 0.3) is 10.1 Å². The minimum atomic E-state index is -3.67. The standard InChI is InChI=1S/C10H12N2O2S.CH4O3S/c11-10(12)15-6-7-5-13-8-3-1-2-4-9(8)14-7;1-5(2,3)4/h1-4,7H,5-6H2,(H3,11,12);1H3,(H,2,3,4). The number of thioether (sulfide) groups is 1. The Morgan fingerprint density at radius 3 is 2.60 bits per heavy atom. The molecule has 1 aliphatic heterocycles. The highest BCUT2D eigenvalue weighted by Crippen LogP contribution is 2.31. The Morgan fingerprint density at radius 2 is 2.05 bits per heavy atom. The minimum Gasteiger partial charge on any atom is -0.486 e. The maximum atomic E-state index is 9.19. The Kier molecular flexibility index (Phi) is 6.11. The molecule has 1 aliphatic rings. The normalized spacial score (nSPS) is 16.8. The number of hydrogen-bond donors (Lipinski definition) is 3. The third-order valence-electron chi connectivity index (χ3n) is 1.99. The predicted molar refractivity (Wildman–Crippen MR) is 78.2 cm³/mol. The number of fused-ring (bicyclic) bond motifs is 1. The van der Waals surface area contributed by atoms with Gasteiger partial charge in [0.05, 0.1) is 6.26 Å². The minimum absolute atomic E-state index is 0.0335. The van der Waals surface area contributed by atoms with Crippen molar-refractivity contribution in [2.75, 3.05) is 18.6 Å². The molecule has 1 unspecified atom stereocenters. The van der Waals surface area contributed by atoms with Crippen molar-refractivity contribution in [3.63, 3.8) is 0 Å². The fraction of sp³-hybridized carbons (Fsp3) is 0.364. The number of hydrogen-bond acceptors (Lipinski definition) is 6. The molecule has 2 rings (SSSR count). The van der Waals surface area contributed by atoms with Gasteiger partial charge in [-0.25, -0.2) is 0 Å². The molecular formula is C11H16N2O5S2. The van der Waals surface area contributed by atoms with E-state index in [1.165, 1.54) is 11.8 Å². The summed E-state index contributed by atoms with van der Waals surface area (Å²) >= 11 is 1.27. The molecule has 1 heterocycles. The molecule has 0 amide bonds. The van der Waals surface area contributed by atoms with Crippen molar-refractivity contribution in [1.29, 1.82) is 5.41 Å². The maximum absolute atomic E-state index is 9.19. The summed E-state index contributed by atoms with van der Waals surface area (Å²) in [6.45, 7) is 0.511. The number of ether oxygens (including phenoxy) is 2. The van der Waals surface area contributed by atoms with E-state index in [-0.39, 0.29) is 11.3 Å². The molecule has 0 fully saturated rings. The summed E-state index contributed by atoms with van der Waals surface area (Å²) in [5.74, 6) is 2.18. The molecule has 1 aromatic rings. The van der Waals surface area contributed by atoms with E-state index in [2.05, 4.69) is 0 Å². The van der Waals surface area contributed by atoms with Gasteiger partial charge in [-0.3, -0.25) is 9.96 Å². The quantitative estimate of drug-likeness (QED) is 0.421. The second-order valence-electron chi connectivity index (χ2n) is 3.91. The number of amidine groups is 1. The topological polar surface area (TPSA) is 123 Å². The van der Waals surface area contributed by atoms with E-state index in [0.29, 0.717) is 18.6 Å². The third kappa shape index (κ3) is 7.22. The van der Waals surface area contributed by atoms with Crippen LogP contribution in [0.1, 0.15) is 0 Å². The molecule has 7 nitrogen and oxygen atoms in total. The van der Waals surface area contributed by atoms with Crippen LogP contribution in [0.5, 0.6) is 11.5 Å². The van der Waals surface area contributed by atoms with Gasteiger partial charge in [0.1, 0.15) is 12.7 Å². The lowest BCUT2D eigenvalue weighted by molar-refractivity contribution is 0.107. The highest BCUT2D eigenvalue weighted by molar-refractivity contribution is 8.13. The maximum Gasteiger partial charge on any atom is 0.261 e. The largest absolute Gasteiger partial charge is 0.486 e. The number of rotatable bonds is 2. The second kappa shape index (κ2) is 7.36. The van der Waals surface area contributed by atoms with Gasteiger partial charge in [0.2, 0.25) is 0 Å². The van der Waals surface area contributed by atoms with Crippen LogP contribution in [0.3, 0.4) is 0 Å². The molecule has 0 bridgehead atoms. The Balaban J connectivity index is 0.000000347. The zero-order valence-corrected chi connectivity index (χ0v) is 12.4. The van der Waals surface area contributed by atoms with E-state index in [0.717, 1.165) is 11.5 Å². The first kappa shape index (κ1) is 16.6. The van der Waals surface area contributed by atoms with Crippen LogP contribution in [0, 0.1) is 5.41 Å². The van der Waals surface area contributed by atoms with Gasteiger partial charge in [0, 0.05) is 5.75 Å². The van der Waals surface area contributed by atoms with Gasteiger partial charge >= 0.3 is 0 Å². The average Bonchev–Trinajstić information content (AvgIpc) is 2.34. The molecule has 0 aliphatic carbocycles. The van der Waals surface area contributed by atoms with Crippen LogP contribution in [0.4, 0.5) is 0 Å². The van der Waals surface area contributed by atoms with Gasteiger partial charge in [0.15, 0.2) is 16.7 Å². The summed E-state index contributed by atoms with van der Waals surface area (Å²) in [7, 11) is -3.67. The molecule has 0 aromatic heterocycles. The lowest BCUT2D eigenvalue weighted by Gasteiger charge is -2.25. The van der Waals surface area contributed by atoms with Crippen LogP contribution >= 0.6 is 11.8 Å². The molecule has 1 aromatic carbocycles. The summed E-state index contributed by atoms with van der Waals surface area (Å²) in [4.78, 5) is 0. The smallest absolute Gasteiger partial charge is 0.261 e. The van der Waals surface area contributed by atoms with Crippen LogP contribution < -0.4 is 15.2 Å². The molecule has 20 heavy (non-hydrogen) atoms. The van der Waals surface area contributed by atoms with Crippen molar-refractivity contribution in [3.05, 3.63) is 24.3 Å².